The van der Waals surface area contributed by atoms with Crippen LogP contribution in [-0.4, -0.2) is 30.5 Å². The molecule has 0 aliphatic carbocycles. The minimum Gasteiger partial charge on any atom is -0.735 e. The SMILES string of the molecule is C[C@H]1CSCC[C@@H]1NS(=O)(=O)[O-].[Na+]. The Kier molecular flexibility index (Phi) is 6.50. The van der Waals surface area contributed by atoms with Crippen LogP contribution >= 0.6 is 11.8 Å². The number of thioether (sulfide) groups is 1. The van der Waals surface area contributed by atoms with Crippen LogP contribution in [0.2, 0.25) is 0 Å². The molecular formula is C6H12NNaO3S2. The van der Waals surface area contributed by atoms with E-state index in [0.717, 1.165) is 17.9 Å². The van der Waals surface area contributed by atoms with E-state index in [-0.39, 0.29) is 41.5 Å². The summed E-state index contributed by atoms with van der Waals surface area (Å²) in [6.45, 7) is 1.95. The Bertz CT molecular complexity index is 244. The maximum atomic E-state index is 10.4. The van der Waals surface area contributed by atoms with Gasteiger partial charge in [-0.1, -0.05) is 6.92 Å². The third kappa shape index (κ3) is 5.61. The van der Waals surface area contributed by atoms with Crippen LogP contribution in [0.1, 0.15) is 13.3 Å². The van der Waals surface area contributed by atoms with E-state index in [0.29, 0.717) is 0 Å². The standard InChI is InChI=1S/C6H13NO3S2.Na/c1-5-4-11-3-2-6(5)7-12(8,9)10;/h5-7H,2-4H2,1H3,(H,8,9,10);/q;+1/p-1/t5-,6-;/m0./s1. The number of nitrogens with one attached hydrogen (secondary N) is 1. The van der Waals surface area contributed by atoms with Gasteiger partial charge in [0.1, 0.15) is 0 Å². The summed E-state index contributed by atoms with van der Waals surface area (Å²) in [6, 6.07) is -0.159. The molecule has 1 aliphatic rings. The number of rotatable bonds is 2. The molecule has 0 amide bonds. The van der Waals surface area contributed by atoms with E-state index in [4.69, 9.17) is 0 Å². The van der Waals surface area contributed by atoms with Crippen LogP contribution in [0.4, 0.5) is 0 Å². The molecule has 1 saturated heterocycles. The predicted molar refractivity (Wildman–Crippen MR) is 47.7 cm³/mol. The molecule has 72 valence electrons. The van der Waals surface area contributed by atoms with E-state index < -0.39 is 10.3 Å². The monoisotopic (exact) mass is 233 g/mol. The van der Waals surface area contributed by atoms with E-state index in [9.17, 15) is 13.0 Å². The molecule has 0 unspecified atom stereocenters. The normalized spacial score (nSPS) is 29.4. The fraction of sp³-hybridized carbons (Fsp3) is 1.00. The molecule has 1 fully saturated rings. The zero-order valence-corrected chi connectivity index (χ0v) is 11.5. The summed E-state index contributed by atoms with van der Waals surface area (Å²) in [5, 5.41) is 0. The Hall–Kier alpha value is 1.22. The van der Waals surface area contributed by atoms with Crippen LogP contribution in [-0.2, 0) is 10.3 Å². The molecule has 1 rings (SSSR count). The van der Waals surface area contributed by atoms with Crippen LogP contribution in [0.3, 0.4) is 0 Å². The second kappa shape index (κ2) is 5.95. The second-order valence-electron chi connectivity index (χ2n) is 3.02. The Morgan fingerprint density at radius 1 is 1.54 bits per heavy atom. The fourth-order valence-corrected chi connectivity index (χ4v) is 3.15. The summed E-state index contributed by atoms with van der Waals surface area (Å²) in [6.07, 6.45) is 0.757. The molecule has 2 atom stereocenters. The summed E-state index contributed by atoms with van der Waals surface area (Å²) < 4.78 is 33.2. The zero-order chi connectivity index (χ0) is 9.19. The van der Waals surface area contributed by atoms with Crippen molar-refractivity contribution >= 4 is 22.1 Å². The van der Waals surface area contributed by atoms with Gasteiger partial charge in [-0.15, -0.1) is 0 Å². The van der Waals surface area contributed by atoms with Crippen molar-refractivity contribution in [3.63, 3.8) is 0 Å². The van der Waals surface area contributed by atoms with Gasteiger partial charge in [0.25, 0.3) is 0 Å². The van der Waals surface area contributed by atoms with Gasteiger partial charge in [-0.25, -0.2) is 13.1 Å². The van der Waals surface area contributed by atoms with Crippen LogP contribution in [0, 0.1) is 5.92 Å². The van der Waals surface area contributed by atoms with E-state index >= 15 is 0 Å². The van der Waals surface area contributed by atoms with Crippen molar-refractivity contribution < 1.29 is 42.5 Å². The quantitative estimate of drug-likeness (QED) is 0.413. The average Bonchev–Trinajstić information content (AvgIpc) is 1.91. The van der Waals surface area contributed by atoms with E-state index in [2.05, 4.69) is 4.72 Å². The second-order valence-corrected chi connectivity index (χ2v) is 5.31. The summed E-state index contributed by atoms with van der Waals surface area (Å²) >= 11 is 1.80. The van der Waals surface area contributed by atoms with Crippen molar-refractivity contribution in [3.05, 3.63) is 0 Å². The molecule has 0 spiro atoms. The molecule has 13 heavy (non-hydrogen) atoms. The smallest absolute Gasteiger partial charge is 0.735 e. The first kappa shape index (κ1) is 14.2. The van der Waals surface area contributed by atoms with Gasteiger partial charge < -0.3 is 4.55 Å². The third-order valence-electron chi connectivity index (χ3n) is 1.94. The Morgan fingerprint density at radius 3 is 2.62 bits per heavy atom. The van der Waals surface area contributed by atoms with Crippen LogP contribution in [0.5, 0.6) is 0 Å². The molecular weight excluding hydrogens is 221 g/mol. The zero-order valence-electron chi connectivity index (χ0n) is 7.82. The topological polar surface area (TPSA) is 69.2 Å². The van der Waals surface area contributed by atoms with E-state index in [1.807, 2.05) is 6.92 Å². The molecule has 0 bridgehead atoms. The van der Waals surface area contributed by atoms with Gasteiger partial charge >= 0.3 is 29.6 Å². The first-order chi connectivity index (χ1) is 5.49. The first-order valence-corrected chi connectivity index (χ1v) is 6.36. The van der Waals surface area contributed by atoms with Crippen LogP contribution in [0.25, 0.3) is 0 Å². The van der Waals surface area contributed by atoms with Gasteiger partial charge in [0, 0.05) is 6.04 Å². The first-order valence-electron chi connectivity index (χ1n) is 3.80. The molecule has 0 aromatic heterocycles. The van der Waals surface area contributed by atoms with Crippen LogP contribution in [0.15, 0.2) is 0 Å². The van der Waals surface area contributed by atoms with Crippen LogP contribution < -0.4 is 34.3 Å². The maximum Gasteiger partial charge on any atom is 1.00 e. The molecule has 1 heterocycles. The summed E-state index contributed by atoms with van der Waals surface area (Å²) in [5.41, 5.74) is 0. The van der Waals surface area contributed by atoms with Gasteiger partial charge in [0.15, 0.2) is 10.3 Å². The van der Waals surface area contributed by atoms with Crippen molar-refractivity contribution in [3.8, 4) is 0 Å². The third-order valence-corrected chi connectivity index (χ3v) is 3.81. The van der Waals surface area contributed by atoms with Gasteiger partial charge in [0.05, 0.1) is 0 Å². The minimum absolute atomic E-state index is 0. The summed E-state index contributed by atoms with van der Waals surface area (Å²) in [7, 11) is -4.27. The average molecular weight is 233 g/mol. The maximum absolute atomic E-state index is 10.4. The number of hydrogen-bond donors (Lipinski definition) is 1. The van der Waals surface area contributed by atoms with Crippen molar-refractivity contribution in [2.24, 2.45) is 5.92 Å². The Morgan fingerprint density at radius 2 is 2.15 bits per heavy atom. The largest absolute Gasteiger partial charge is 1.00 e. The summed E-state index contributed by atoms with van der Waals surface area (Å²) in [5.74, 6) is 2.11. The minimum atomic E-state index is -4.27. The van der Waals surface area contributed by atoms with Crippen molar-refractivity contribution in [1.29, 1.82) is 0 Å². The number of hydrogen-bond acceptors (Lipinski definition) is 4. The van der Waals surface area contributed by atoms with E-state index in [1.54, 1.807) is 11.8 Å². The molecule has 0 aromatic rings. The van der Waals surface area contributed by atoms with Gasteiger partial charge in [-0.3, -0.25) is 0 Å². The molecule has 0 aromatic carbocycles. The molecule has 1 N–H and O–H groups in total. The Labute approximate surface area is 105 Å². The molecule has 0 radical (unpaired) electrons. The van der Waals surface area contributed by atoms with Crippen molar-refractivity contribution in [2.45, 2.75) is 19.4 Å². The Balaban J connectivity index is 0.00000144. The molecule has 1 aliphatic heterocycles. The summed E-state index contributed by atoms with van der Waals surface area (Å²) in [4.78, 5) is 0. The van der Waals surface area contributed by atoms with E-state index in [1.165, 1.54) is 0 Å². The fourth-order valence-electron chi connectivity index (χ4n) is 1.24. The molecule has 4 nitrogen and oxygen atoms in total. The van der Waals surface area contributed by atoms with Crippen molar-refractivity contribution in [2.75, 3.05) is 11.5 Å². The van der Waals surface area contributed by atoms with Gasteiger partial charge in [-0.05, 0) is 23.8 Å². The molecule has 0 saturated carbocycles. The van der Waals surface area contributed by atoms with Gasteiger partial charge in [0.2, 0.25) is 0 Å². The molecule has 7 heteroatoms. The predicted octanol–water partition coefficient (Wildman–Crippen LogP) is -2.82. The van der Waals surface area contributed by atoms with Crippen molar-refractivity contribution in [1.82, 2.24) is 4.72 Å². The van der Waals surface area contributed by atoms with Gasteiger partial charge in [-0.2, -0.15) is 11.8 Å².